The first-order chi connectivity index (χ1) is 10.5. The summed E-state index contributed by atoms with van der Waals surface area (Å²) in [6.07, 6.45) is 3.34. The van der Waals surface area contributed by atoms with Crippen LogP contribution in [0.5, 0.6) is 0 Å². The number of thioether (sulfide) groups is 1. The van der Waals surface area contributed by atoms with Crippen LogP contribution in [0.25, 0.3) is 6.08 Å². The number of aromatic nitrogens is 1. The number of amides is 2. The van der Waals surface area contributed by atoms with Crippen LogP contribution in [-0.4, -0.2) is 40.9 Å². The van der Waals surface area contributed by atoms with E-state index in [0.717, 1.165) is 35.3 Å². The second kappa shape index (κ2) is 6.98. The van der Waals surface area contributed by atoms with Gasteiger partial charge < -0.3 is 9.30 Å². The highest BCUT2D eigenvalue weighted by molar-refractivity contribution is 8.18. The molecule has 1 saturated heterocycles. The minimum absolute atomic E-state index is 0.245. The fourth-order valence-electron chi connectivity index (χ4n) is 2.43. The summed E-state index contributed by atoms with van der Waals surface area (Å²) in [6, 6.07) is 2.02. The number of hydrogen-bond donors (Lipinski definition) is 0. The molecule has 2 rings (SSSR count). The van der Waals surface area contributed by atoms with Crippen molar-refractivity contribution >= 4 is 29.0 Å². The third kappa shape index (κ3) is 3.18. The summed E-state index contributed by atoms with van der Waals surface area (Å²) >= 11 is 0.975. The molecule has 1 aliphatic heterocycles. The molecule has 0 aromatic carbocycles. The van der Waals surface area contributed by atoms with Gasteiger partial charge in [-0.25, -0.2) is 0 Å². The van der Waals surface area contributed by atoms with Crippen molar-refractivity contribution in [1.82, 2.24) is 9.47 Å². The Balaban J connectivity index is 2.28. The molecule has 1 aliphatic rings. The van der Waals surface area contributed by atoms with Crippen LogP contribution in [0.3, 0.4) is 0 Å². The fraction of sp³-hybridized carbons (Fsp3) is 0.375. The number of aryl methyl sites for hydroxylation is 1. The van der Waals surface area contributed by atoms with E-state index in [1.165, 1.54) is 4.90 Å². The summed E-state index contributed by atoms with van der Waals surface area (Å²) in [6.45, 7) is 9.23. The minimum atomic E-state index is -0.253. The van der Waals surface area contributed by atoms with Gasteiger partial charge >= 0.3 is 0 Å². The van der Waals surface area contributed by atoms with Crippen LogP contribution in [0.2, 0.25) is 0 Å². The molecular formula is C16H20N2O3S. The molecule has 0 bridgehead atoms. The van der Waals surface area contributed by atoms with Crippen molar-refractivity contribution in [3.8, 4) is 0 Å². The molecule has 6 heteroatoms. The summed E-state index contributed by atoms with van der Waals surface area (Å²) in [5.74, 6) is -0.253. The molecular weight excluding hydrogens is 300 g/mol. The molecule has 118 valence electrons. The van der Waals surface area contributed by atoms with Gasteiger partial charge in [-0.2, -0.15) is 0 Å². The van der Waals surface area contributed by atoms with Gasteiger partial charge in [0.25, 0.3) is 11.1 Å². The van der Waals surface area contributed by atoms with Crippen molar-refractivity contribution < 1.29 is 14.3 Å². The molecule has 22 heavy (non-hydrogen) atoms. The Kier molecular flexibility index (Phi) is 5.26. The first kappa shape index (κ1) is 16.6. The SMILES string of the molecule is C=CCN1C(=O)SC(=Cc2cc(C)n(CCOC)c2C)C1=O. The van der Waals surface area contributed by atoms with Gasteiger partial charge in [-0.3, -0.25) is 14.5 Å². The molecule has 0 atom stereocenters. The Morgan fingerprint density at radius 3 is 2.73 bits per heavy atom. The van der Waals surface area contributed by atoms with Crippen molar-refractivity contribution in [1.29, 1.82) is 0 Å². The summed E-state index contributed by atoms with van der Waals surface area (Å²) in [5.41, 5.74) is 3.12. The number of nitrogens with zero attached hydrogens (tertiary/aromatic N) is 2. The van der Waals surface area contributed by atoms with E-state index in [1.807, 2.05) is 19.9 Å². The average Bonchev–Trinajstić information content (AvgIpc) is 2.89. The Morgan fingerprint density at radius 1 is 1.36 bits per heavy atom. The van der Waals surface area contributed by atoms with E-state index in [1.54, 1.807) is 19.3 Å². The van der Waals surface area contributed by atoms with E-state index in [2.05, 4.69) is 11.1 Å². The molecule has 1 aromatic heterocycles. The maximum atomic E-state index is 12.2. The van der Waals surface area contributed by atoms with E-state index in [4.69, 9.17) is 4.74 Å². The van der Waals surface area contributed by atoms with Crippen LogP contribution < -0.4 is 0 Å². The van der Waals surface area contributed by atoms with Crippen molar-refractivity contribution in [3.63, 3.8) is 0 Å². The average molecular weight is 320 g/mol. The summed E-state index contributed by atoms with van der Waals surface area (Å²) in [5, 5.41) is -0.246. The third-order valence-corrected chi connectivity index (χ3v) is 4.51. The van der Waals surface area contributed by atoms with Gasteiger partial charge in [0.1, 0.15) is 0 Å². The Bertz CT molecular complexity index is 646. The molecule has 0 radical (unpaired) electrons. The molecule has 0 spiro atoms. The lowest BCUT2D eigenvalue weighted by Crippen LogP contribution is -2.27. The smallest absolute Gasteiger partial charge is 0.293 e. The van der Waals surface area contributed by atoms with E-state index in [0.29, 0.717) is 11.5 Å². The van der Waals surface area contributed by atoms with Gasteiger partial charge in [0.15, 0.2) is 0 Å². The first-order valence-corrected chi connectivity index (χ1v) is 7.83. The van der Waals surface area contributed by atoms with E-state index < -0.39 is 0 Å². The molecule has 0 unspecified atom stereocenters. The maximum Gasteiger partial charge on any atom is 0.293 e. The number of methoxy groups -OCH3 is 1. The predicted octanol–water partition coefficient (Wildman–Crippen LogP) is 2.97. The molecule has 1 aromatic rings. The van der Waals surface area contributed by atoms with Crippen molar-refractivity contribution in [2.75, 3.05) is 20.3 Å². The lowest BCUT2D eigenvalue weighted by Gasteiger charge is -2.08. The van der Waals surface area contributed by atoms with Gasteiger partial charge in [-0.05, 0) is 43.3 Å². The number of rotatable bonds is 6. The lowest BCUT2D eigenvalue weighted by atomic mass is 10.2. The lowest BCUT2D eigenvalue weighted by molar-refractivity contribution is -0.122. The molecule has 5 nitrogen and oxygen atoms in total. The Hall–Kier alpha value is -1.79. The third-order valence-electron chi connectivity index (χ3n) is 3.60. The standard InChI is InChI=1S/C16H20N2O3S/c1-5-6-18-15(19)14(22-16(18)20)10-13-9-11(2)17(12(13)3)7-8-21-4/h5,9-10H,1,6-8H2,2-4H3. The molecule has 2 heterocycles. The molecule has 2 amide bonds. The Morgan fingerprint density at radius 2 is 2.09 bits per heavy atom. The zero-order valence-electron chi connectivity index (χ0n) is 13.1. The Labute approximate surface area is 134 Å². The van der Waals surface area contributed by atoms with Gasteiger partial charge in [-0.15, -0.1) is 6.58 Å². The fourth-order valence-corrected chi connectivity index (χ4v) is 3.27. The second-order valence-corrected chi connectivity index (χ2v) is 6.05. The minimum Gasteiger partial charge on any atom is -0.383 e. The quantitative estimate of drug-likeness (QED) is 0.597. The summed E-state index contributed by atoms with van der Waals surface area (Å²) < 4.78 is 7.26. The number of imide groups is 1. The highest BCUT2D eigenvalue weighted by atomic mass is 32.2. The van der Waals surface area contributed by atoms with Crippen LogP contribution in [0.15, 0.2) is 23.6 Å². The number of hydrogen-bond acceptors (Lipinski definition) is 4. The van der Waals surface area contributed by atoms with Crippen LogP contribution in [-0.2, 0) is 16.1 Å². The molecule has 1 fully saturated rings. The van der Waals surface area contributed by atoms with Crippen molar-refractivity contribution in [3.05, 3.63) is 40.6 Å². The van der Waals surface area contributed by atoms with Gasteiger partial charge in [-0.1, -0.05) is 6.08 Å². The second-order valence-electron chi connectivity index (χ2n) is 5.05. The van der Waals surface area contributed by atoms with E-state index in [-0.39, 0.29) is 17.7 Å². The van der Waals surface area contributed by atoms with E-state index >= 15 is 0 Å². The number of carbonyl (C=O) groups is 2. The van der Waals surface area contributed by atoms with Gasteiger partial charge in [0.05, 0.1) is 11.5 Å². The highest BCUT2D eigenvalue weighted by Gasteiger charge is 2.34. The topological polar surface area (TPSA) is 51.5 Å². The zero-order chi connectivity index (χ0) is 16.3. The van der Waals surface area contributed by atoms with Crippen LogP contribution in [0, 0.1) is 13.8 Å². The van der Waals surface area contributed by atoms with E-state index in [9.17, 15) is 9.59 Å². The van der Waals surface area contributed by atoms with Crippen LogP contribution in [0.1, 0.15) is 17.0 Å². The van der Waals surface area contributed by atoms with Crippen LogP contribution >= 0.6 is 11.8 Å². The van der Waals surface area contributed by atoms with Crippen molar-refractivity contribution in [2.45, 2.75) is 20.4 Å². The van der Waals surface area contributed by atoms with Gasteiger partial charge in [0.2, 0.25) is 0 Å². The molecule has 0 aliphatic carbocycles. The maximum absolute atomic E-state index is 12.2. The normalized spacial score (nSPS) is 16.9. The van der Waals surface area contributed by atoms with Crippen LogP contribution in [0.4, 0.5) is 4.79 Å². The molecule has 0 N–H and O–H groups in total. The summed E-state index contributed by atoms with van der Waals surface area (Å²) in [4.78, 5) is 25.7. The predicted molar refractivity (Wildman–Crippen MR) is 88.7 cm³/mol. The number of ether oxygens (including phenoxy) is 1. The largest absolute Gasteiger partial charge is 0.383 e. The number of carbonyl (C=O) groups excluding carboxylic acids is 2. The molecule has 0 saturated carbocycles. The summed E-state index contributed by atoms with van der Waals surface area (Å²) in [7, 11) is 1.67. The van der Waals surface area contributed by atoms with Crippen molar-refractivity contribution in [2.24, 2.45) is 0 Å². The first-order valence-electron chi connectivity index (χ1n) is 7.01. The zero-order valence-corrected chi connectivity index (χ0v) is 13.9. The van der Waals surface area contributed by atoms with Gasteiger partial charge in [0, 0.05) is 31.6 Å². The monoisotopic (exact) mass is 320 g/mol. The highest BCUT2D eigenvalue weighted by Crippen LogP contribution is 2.33.